The molecule has 0 saturated heterocycles. The number of rotatable bonds is 5. The van der Waals surface area contributed by atoms with Crippen LogP contribution in [0.5, 0.6) is 0 Å². The summed E-state index contributed by atoms with van der Waals surface area (Å²) in [4.78, 5) is 58.5. The lowest BCUT2D eigenvalue weighted by molar-refractivity contribution is 0.0926. The molecule has 4 heterocycles. The van der Waals surface area contributed by atoms with Gasteiger partial charge in [0.25, 0.3) is 11.8 Å². The average molecular weight is 679 g/mol. The zero-order valence-electron chi connectivity index (χ0n) is 28.8. The molecule has 0 saturated carbocycles. The third kappa shape index (κ3) is 4.79. The Hall–Kier alpha value is -6.94. The van der Waals surface area contributed by atoms with Gasteiger partial charge in [-0.05, 0) is 63.6 Å². The summed E-state index contributed by atoms with van der Waals surface area (Å²) in [5.74, 6) is 2.56. The number of aromatic nitrogens is 7. The lowest BCUT2D eigenvalue weighted by Gasteiger charge is -2.19. The summed E-state index contributed by atoms with van der Waals surface area (Å²) in [6.45, 7) is 7.36. The lowest BCUT2D eigenvalue weighted by Crippen LogP contribution is -2.30. The SMILES string of the molecule is Cc1nc(C)nc(-c2cccc3c4cccc(-c5nc(C)nc(C)n5)c4n(-c4cccc5c4C(=O)N(c4ccccc4-c4ccccc4)C5=O)c23)n1. The van der Waals surface area contributed by atoms with Gasteiger partial charge in [0.2, 0.25) is 0 Å². The summed E-state index contributed by atoms with van der Waals surface area (Å²) < 4.78 is 2.05. The first-order valence-electron chi connectivity index (χ1n) is 16.9. The van der Waals surface area contributed by atoms with E-state index in [4.69, 9.17) is 19.9 Å². The third-order valence-corrected chi connectivity index (χ3v) is 9.37. The van der Waals surface area contributed by atoms with Crippen LogP contribution in [0.3, 0.4) is 0 Å². The normalized spacial score (nSPS) is 12.7. The molecule has 1 aliphatic heterocycles. The van der Waals surface area contributed by atoms with Crippen LogP contribution in [0, 0.1) is 27.7 Å². The van der Waals surface area contributed by atoms with Crippen LogP contribution in [0.2, 0.25) is 0 Å². The number of carbonyl (C=O) groups is 2. The van der Waals surface area contributed by atoms with Gasteiger partial charge in [-0.3, -0.25) is 9.59 Å². The van der Waals surface area contributed by atoms with Gasteiger partial charge in [0.15, 0.2) is 11.6 Å². The van der Waals surface area contributed by atoms with Gasteiger partial charge in [0.1, 0.15) is 23.3 Å². The van der Waals surface area contributed by atoms with E-state index in [0.29, 0.717) is 57.4 Å². The molecule has 10 heteroatoms. The van der Waals surface area contributed by atoms with E-state index in [1.807, 2.05) is 131 Å². The maximum Gasteiger partial charge on any atom is 0.268 e. The Morgan fingerprint density at radius 1 is 0.423 bits per heavy atom. The smallest absolute Gasteiger partial charge is 0.268 e. The second-order valence-corrected chi connectivity index (χ2v) is 12.8. The van der Waals surface area contributed by atoms with E-state index >= 15 is 0 Å². The zero-order valence-corrected chi connectivity index (χ0v) is 28.8. The van der Waals surface area contributed by atoms with E-state index in [2.05, 4.69) is 14.5 Å². The topological polar surface area (TPSA) is 120 Å². The first-order valence-corrected chi connectivity index (χ1v) is 16.9. The van der Waals surface area contributed by atoms with Gasteiger partial charge in [0, 0.05) is 27.5 Å². The van der Waals surface area contributed by atoms with Crippen LogP contribution in [0.15, 0.2) is 109 Å². The van der Waals surface area contributed by atoms with Gasteiger partial charge < -0.3 is 4.57 Å². The van der Waals surface area contributed by atoms with Crippen molar-refractivity contribution in [2.24, 2.45) is 0 Å². The Balaban J connectivity index is 1.37. The maximum atomic E-state index is 14.9. The monoisotopic (exact) mass is 678 g/mol. The van der Waals surface area contributed by atoms with Crippen LogP contribution < -0.4 is 4.90 Å². The van der Waals surface area contributed by atoms with Crippen LogP contribution in [0.25, 0.3) is 61.4 Å². The lowest BCUT2D eigenvalue weighted by atomic mass is 10.0. The molecule has 250 valence electrons. The highest BCUT2D eigenvalue weighted by Crippen LogP contribution is 2.44. The summed E-state index contributed by atoms with van der Waals surface area (Å²) in [5, 5.41) is 1.82. The van der Waals surface area contributed by atoms with Crippen molar-refractivity contribution in [3.05, 3.63) is 144 Å². The number of fused-ring (bicyclic) bond motifs is 4. The Labute approximate surface area is 298 Å². The van der Waals surface area contributed by atoms with Gasteiger partial charge in [0.05, 0.1) is 33.5 Å². The summed E-state index contributed by atoms with van der Waals surface area (Å²) in [6.07, 6.45) is 0. The van der Waals surface area contributed by atoms with Crippen LogP contribution in [0.1, 0.15) is 44.0 Å². The van der Waals surface area contributed by atoms with E-state index in [1.165, 1.54) is 4.90 Å². The van der Waals surface area contributed by atoms with E-state index < -0.39 is 5.91 Å². The molecule has 0 spiro atoms. The van der Waals surface area contributed by atoms with Crippen LogP contribution >= 0.6 is 0 Å². The molecule has 0 bridgehead atoms. The molecule has 1 aliphatic rings. The summed E-state index contributed by atoms with van der Waals surface area (Å²) in [7, 11) is 0. The Bertz CT molecular complexity index is 2640. The molecule has 8 aromatic rings. The summed E-state index contributed by atoms with van der Waals surface area (Å²) in [6, 6.07) is 34.7. The van der Waals surface area contributed by atoms with Crippen molar-refractivity contribution < 1.29 is 9.59 Å². The van der Waals surface area contributed by atoms with Gasteiger partial charge in [-0.25, -0.2) is 34.8 Å². The minimum atomic E-state index is -0.414. The summed E-state index contributed by atoms with van der Waals surface area (Å²) >= 11 is 0. The minimum absolute atomic E-state index is 0.296. The predicted octanol–water partition coefficient (Wildman–Crippen LogP) is 8.19. The molecule has 0 radical (unpaired) electrons. The van der Waals surface area contributed by atoms with E-state index in [-0.39, 0.29) is 5.91 Å². The highest BCUT2D eigenvalue weighted by atomic mass is 16.2. The van der Waals surface area contributed by atoms with Crippen LogP contribution in [0.4, 0.5) is 5.69 Å². The number of hydrogen-bond acceptors (Lipinski definition) is 8. The molecule has 0 unspecified atom stereocenters. The van der Waals surface area contributed by atoms with Gasteiger partial charge >= 0.3 is 0 Å². The number of carbonyl (C=O) groups excluding carboxylic acids is 2. The van der Waals surface area contributed by atoms with Gasteiger partial charge in [-0.2, -0.15) is 0 Å². The number of hydrogen-bond donors (Lipinski definition) is 0. The second-order valence-electron chi connectivity index (χ2n) is 12.8. The molecular formula is C42H30N8O2. The minimum Gasteiger partial charge on any atom is -0.307 e. The first kappa shape index (κ1) is 31.1. The van der Waals surface area contributed by atoms with Crippen molar-refractivity contribution >= 4 is 39.3 Å². The molecule has 2 amide bonds. The van der Waals surface area contributed by atoms with Gasteiger partial charge in [-0.15, -0.1) is 0 Å². The van der Waals surface area contributed by atoms with Crippen LogP contribution in [-0.4, -0.2) is 46.3 Å². The number of nitrogens with zero attached hydrogens (tertiary/aromatic N) is 8. The van der Waals surface area contributed by atoms with Crippen molar-refractivity contribution in [1.29, 1.82) is 0 Å². The maximum absolute atomic E-state index is 14.9. The zero-order chi connectivity index (χ0) is 35.7. The average Bonchev–Trinajstić information content (AvgIpc) is 3.62. The molecule has 10 nitrogen and oxygen atoms in total. The molecule has 3 aromatic heterocycles. The predicted molar refractivity (Wildman–Crippen MR) is 200 cm³/mol. The first-order chi connectivity index (χ1) is 25.3. The standard InChI is InChI=1S/C42H30N8O2/c1-23-43-24(2)46-39(45-23)32-19-10-16-29-30-17-11-20-33(40-47-25(3)44-26(4)48-40)38(30)49(37(29)32)35-22-12-18-31-36(35)42(52)50(41(31)51)34-21-9-8-15-28(34)27-13-6-5-7-14-27/h5-22H,1-4H3. The molecule has 5 aromatic carbocycles. The molecule has 0 N–H and O–H groups in total. The van der Waals surface area contributed by atoms with E-state index in [0.717, 1.165) is 44.1 Å². The highest BCUT2D eigenvalue weighted by molar-refractivity contribution is 6.36. The van der Waals surface area contributed by atoms with Crippen LogP contribution in [-0.2, 0) is 0 Å². The Kier molecular flexibility index (Phi) is 7.08. The van der Waals surface area contributed by atoms with Crippen molar-refractivity contribution in [1.82, 2.24) is 34.5 Å². The fourth-order valence-corrected chi connectivity index (χ4v) is 7.39. The number of anilines is 1. The van der Waals surface area contributed by atoms with Crippen molar-refractivity contribution in [2.75, 3.05) is 4.90 Å². The number of para-hydroxylation sites is 3. The molecule has 0 fully saturated rings. The van der Waals surface area contributed by atoms with Crippen molar-refractivity contribution in [3.63, 3.8) is 0 Å². The highest BCUT2D eigenvalue weighted by Gasteiger charge is 2.40. The van der Waals surface area contributed by atoms with E-state index in [1.54, 1.807) is 6.07 Å². The molecule has 0 atom stereocenters. The van der Waals surface area contributed by atoms with E-state index in [9.17, 15) is 9.59 Å². The van der Waals surface area contributed by atoms with Gasteiger partial charge in [-0.1, -0.05) is 78.9 Å². The number of aryl methyl sites for hydroxylation is 4. The van der Waals surface area contributed by atoms with Crippen molar-refractivity contribution in [3.8, 4) is 39.6 Å². The number of imide groups is 1. The third-order valence-electron chi connectivity index (χ3n) is 9.37. The fourth-order valence-electron chi connectivity index (χ4n) is 7.39. The summed E-state index contributed by atoms with van der Waals surface area (Å²) in [5.41, 5.74) is 6.39. The molecule has 9 rings (SSSR count). The Morgan fingerprint density at radius 2 is 0.885 bits per heavy atom. The Morgan fingerprint density at radius 3 is 1.46 bits per heavy atom. The quantitative estimate of drug-likeness (QED) is 0.167. The second kappa shape index (κ2) is 11.8. The number of amides is 2. The molecule has 0 aliphatic carbocycles. The molecule has 52 heavy (non-hydrogen) atoms. The molecular weight excluding hydrogens is 649 g/mol. The largest absolute Gasteiger partial charge is 0.307 e. The fraction of sp³-hybridized carbons (Fsp3) is 0.0952. The van der Waals surface area contributed by atoms with Crippen molar-refractivity contribution in [2.45, 2.75) is 27.7 Å². The number of benzene rings is 5.